The molecule has 1 aromatic rings. The average Bonchev–Trinajstić information content (AvgIpc) is 2.35. The van der Waals surface area contributed by atoms with E-state index in [0.29, 0.717) is 16.9 Å². The molecule has 1 rings (SSSR count). The second kappa shape index (κ2) is 6.17. The molecule has 0 saturated carbocycles. The Hall–Kier alpha value is -2.11. The summed E-state index contributed by atoms with van der Waals surface area (Å²) in [6.07, 6.45) is 0. The number of hydrogen-bond acceptors (Lipinski definition) is 5. The topological polar surface area (TPSA) is 78.7 Å². The molecule has 0 aromatic heterocycles. The fourth-order valence-corrected chi connectivity index (χ4v) is 1.54. The lowest BCUT2D eigenvalue weighted by molar-refractivity contribution is -0.385. The number of esters is 1. The van der Waals surface area contributed by atoms with Crippen LogP contribution in [0.15, 0.2) is 12.1 Å². The number of carbonyl (C=O) groups is 1. The van der Waals surface area contributed by atoms with Gasteiger partial charge in [0.1, 0.15) is 12.4 Å². The SMILES string of the molecule is COc1cc(COC(=O)C(C)C)c([N+](=O)[O-])cc1C. The number of nitrogens with zero attached hydrogens (tertiary/aromatic N) is 1. The third-order valence-corrected chi connectivity index (χ3v) is 2.63. The van der Waals surface area contributed by atoms with Crippen molar-refractivity contribution in [1.29, 1.82) is 0 Å². The number of methoxy groups -OCH3 is 1. The summed E-state index contributed by atoms with van der Waals surface area (Å²) < 4.78 is 10.1. The maximum Gasteiger partial charge on any atom is 0.308 e. The maximum atomic E-state index is 11.4. The highest BCUT2D eigenvalue weighted by Crippen LogP contribution is 2.28. The van der Waals surface area contributed by atoms with Crippen LogP contribution in [0.4, 0.5) is 5.69 Å². The summed E-state index contributed by atoms with van der Waals surface area (Å²) in [4.78, 5) is 21.9. The number of hydrogen-bond donors (Lipinski definition) is 0. The van der Waals surface area contributed by atoms with Gasteiger partial charge in [0.05, 0.1) is 23.5 Å². The summed E-state index contributed by atoms with van der Waals surface area (Å²) in [6.45, 7) is 4.98. The van der Waals surface area contributed by atoms with Crippen LogP contribution in [0.3, 0.4) is 0 Å². The minimum atomic E-state index is -0.495. The lowest BCUT2D eigenvalue weighted by atomic mass is 10.1. The first-order chi connectivity index (χ1) is 8.86. The van der Waals surface area contributed by atoms with Crippen molar-refractivity contribution in [2.75, 3.05) is 7.11 Å². The number of aryl methyl sites for hydroxylation is 1. The van der Waals surface area contributed by atoms with Crippen LogP contribution < -0.4 is 4.74 Å². The molecule has 6 nitrogen and oxygen atoms in total. The Morgan fingerprint density at radius 1 is 1.42 bits per heavy atom. The molecule has 1 aromatic carbocycles. The van der Waals surface area contributed by atoms with Gasteiger partial charge in [-0.1, -0.05) is 13.8 Å². The number of nitro groups is 1. The Balaban J connectivity index is 3.03. The lowest BCUT2D eigenvalue weighted by Crippen LogP contribution is -2.12. The van der Waals surface area contributed by atoms with Crippen molar-refractivity contribution in [3.8, 4) is 5.75 Å². The van der Waals surface area contributed by atoms with E-state index in [1.54, 1.807) is 20.8 Å². The molecule has 0 fully saturated rings. The fourth-order valence-electron chi connectivity index (χ4n) is 1.54. The van der Waals surface area contributed by atoms with Crippen molar-refractivity contribution in [3.63, 3.8) is 0 Å². The Labute approximate surface area is 111 Å². The van der Waals surface area contributed by atoms with Crippen LogP contribution in [0.2, 0.25) is 0 Å². The van der Waals surface area contributed by atoms with E-state index in [1.807, 2.05) is 0 Å². The Morgan fingerprint density at radius 3 is 2.53 bits per heavy atom. The van der Waals surface area contributed by atoms with Crippen LogP contribution in [-0.2, 0) is 16.1 Å². The molecule has 0 unspecified atom stereocenters. The van der Waals surface area contributed by atoms with Crippen LogP contribution in [-0.4, -0.2) is 18.0 Å². The highest BCUT2D eigenvalue weighted by atomic mass is 16.6. The summed E-state index contributed by atoms with van der Waals surface area (Å²) >= 11 is 0. The Morgan fingerprint density at radius 2 is 2.05 bits per heavy atom. The van der Waals surface area contributed by atoms with E-state index in [1.165, 1.54) is 19.2 Å². The van der Waals surface area contributed by atoms with Crippen molar-refractivity contribution in [3.05, 3.63) is 33.4 Å². The van der Waals surface area contributed by atoms with Gasteiger partial charge < -0.3 is 9.47 Å². The van der Waals surface area contributed by atoms with Crippen LogP contribution in [0.25, 0.3) is 0 Å². The molecule has 0 aliphatic carbocycles. The second-order valence-corrected chi connectivity index (χ2v) is 4.47. The van der Waals surface area contributed by atoms with Gasteiger partial charge in [-0.25, -0.2) is 0 Å². The van der Waals surface area contributed by atoms with Crippen LogP contribution in [0.5, 0.6) is 5.75 Å². The molecule has 0 aliphatic rings. The van der Waals surface area contributed by atoms with Gasteiger partial charge in [0, 0.05) is 6.07 Å². The molecule has 0 aliphatic heterocycles. The minimum Gasteiger partial charge on any atom is -0.496 e. The molecule has 0 radical (unpaired) electrons. The van der Waals surface area contributed by atoms with Crippen molar-refractivity contribution in [2.45, 2.75) is 27.4 Å². The zero-order valence-corrected chi connectivity index (χ0v) is 11.4. The largest absolute Gasteiger partial charge is 0.496 e. The van der Waals surface area contributed by atoms with Crippen molar-refractivity contribution >= 4 is 11.7 Å². The first-order valence-electron chi connectivity index (χ1n) is 5.85. The first kappa shape index (κ1) is 14.9. The summed E-state index contributed by atoms with van der Waals surface area (Å²) in [5, 5.41) is 11.0. The molecule has 6 heteroatoms. The third kappa shape index (κ3) is 3.67. The van der Waals surface area contributed by atoms with Crippen molar-refractivity contribution in [1.82, 2.24) is 0 Å². The Kier molecular flexibility index (Phi) is 4.86. The minimum absolute atomic E-state index is 0.0742. The van der Waals surface area contributed by atoms with E-state index in [2.05, 4.69) is 0 Å². The van der Waals surface area contributed by atoms with E-state index in [9.17, 15) is 14.9 Å². The zero-order chi connectivity index (χ0) is 14.6. The molecule has 0 N–H and O–H groups in total. The molecular weight excluding hydrogens is 250 g/mol. The van der Waals surface area contributed by atoms with Gasteiger partial charge in [-0.15, -0.1) is 0 Å². The highest BCUT2D eigenvalue weighted by Gasteiger charge is 2.19. The zero-order valence-electron chi connectivity index (χ0n) is 11.4. The molecule has 0 bridgehead atoms. The molecule has 0 spiro atoms. The predicted molar refractivity (Wildman–Crippen MR) is 69.0 cm³/mol. The molecular formula is C13H17NO5. The van der Waals surface area contributed by atoms with Gasteiger partial charge in [0.25, 0.3) is 5.69 Å². The summed E-state index contributed by atoms with van der Waals surface area (Å²) in [5.74, 6) is -0.138. The van der Waals surface area contributed by atoms with E-state index in [-0.39, 0.29) is 18.2 Å². The maximum absolute atomic E-state index is 11.4. The van der Waals surface area contributed by atoms with Crippen molar-refractivity contribution in [2.24, 2.45) is 5.92 Å². The fraction of sp³-hybridized carbons (Fsp3) is 0.462. The standard InChI is InChI=1S/C13H17NO5/c1-8(2)13(15)19-7-10-6-12(18-4)9(3)5-11(10)14(16)17/h5-6,8H,7H2,1-4H3. The van der Waals surface area contributed by atoms with Gasteiger partial charge in [0.2, 0.25) is 0 Å². The summed E-state index contributed by atoms with van der Waals surface area (Å²) in [5.41, 5.74) is 0.907. The second-order valence-electron chi connectivity index (χ2n) is 4.47. The van der Waals surface area contributed by atoms with Gasteiger partial charge in [-0.05, 0) is 18.6 Å². The number of benzene rings is 1. The summed E-state index contributed by atoms with van der Waals surface area (Å²) in [7, 11) is 1.48. The van der Waals surface area contributed by atoms with E-state index >= 15 is 0 Å². The molecule has 0 atom stereocenters. The Bertz CT molecular complexity index is 496. The predicted octanol–water partition coefficient (Wildman–Crippen LogP) is 2.61. The molecule has 0 amide bonds. The molecule has 104 valence electrons. The van der Waals surface area contributed by atoms with Crippen LogP contribution >= 0.6 is 0 Å². The van der Waals surface area contributed by atoms with E-state index < -0.39 is 10.9 Å². The number of nitro benzene ring substituents is 1. The van der Waals surface area contributed by atoms with Crippen LogP contribution in [0, 0.1) is 23.0 Å². The van der Waals surface area contributed by atoms with Gasteiger partial charge in [-0.3, -0.25) is 14.9 Å². The van der Waals surface area contributed by atoms with Crippen molar-refractivity contribution < 1.29 is 19.2 Å². The van der Waals surface area contributed by atoms with Gasteiger partial charge in [0.15, 0.2) is 0 Å². The van der Waals surface area contributed by atoms with E-state index in [0.717, 1.165) is 0 Å². The quantitative estimate of drug-likeness (QED) is 0.465. The monoisotopic (exact) mass is 267 g/mol. The average molecular weight is 267 g/mol. The third-order valence-electron chi connectivity index (χ3n) is 2.63. The van der Waals surface area contributed by atoms with Crippen LogP contribution in [0.1, 0.15) is 25.0 Å². The molecule has 19 heavy (non-hydrogen) atoms. The lowest BCUT2D eigenvalue weighted by Gasteiger charge is -2.10. The number of rotatable bonds is 5. The molecule has 0 saturated heterocycles. The highest BCUT2D eigenvalue weighted by molar-refractivity contribution is 5.71. The van der Waals surface area contributed by atoms with Gasteiger partial charge in [-0.2, -0.15) is 0 Å². The normalized spacial score (nSPS) is 10.4. The number of ether oxygens (including phenoxy) is 2. The smallest absolute Gasteiger partial charge is 0.308 e. The summed E-state index contributed by atoms with van der Waals surface area (Å²) in [6, 6.07) is 2.94. The molecule has 0 heterocycles. The first-order valence-corrected chi connectivity index (χ1v) is 5.85. The van der Waals surface area contributed by atoms with Gasteiger partial charge >= 0.3 is 5.97 Å². The number of carbonyl (C=O) groups excluding carboxylic acids is 1. The van der Waals surface area contributed by atoms with E-state index in [4.69, 9.17) is 9.47 Å².